The van der Waals surface area contributed by atoms with Crippen LogP contribution in [0.2, 0.25) is 0 Å². The second-order valence-corrected chi connectivity index (χ2v) is 5.34. The normalized spacial score (nSPS) is 14.3. The molecule has 0 aliphatic carbocycles. The van der Waals surface area contributed by atoms with Crippen molar-refractivity contribution in [3.8, 4) is 0 Å². The molecule has 0 fully saturated rings. The van der Waals surface area contributed by atoms with Gasteiger partial charge in [0.2, 0.25) is 0 Å². The van der Waals surface area contributed by atoms with Crippen LogP contribution in [0.1, 0.15) is 38.7 Å². The van der Waals surface area contributed by atoms with E-state index in [-0.39, 0.29) is 0 Å². The summed E-state index contributed by atoms with van der Waals surface area (Å²) in [6, 6.07) is 11.4. The van der Waals surface area contributed by atoms with Gasteiger partial charge in [-0.05, 0) is 43.7 Å². The Morgan fingerprint density at radius 3 is 2.53 bits per heavy atom. The molecule has 0 bridgehead atoms. The Bertz CT molecular complexity index is 312. The summed E-state index contributed by atoms with van der Waals surface area (Å²) in [6.07, 6.45) is 4.68. The molecule has 0 aromatic heterocycles. The topological polar surface area (TPSA) is 21.3 Å². The van der Waals surface area contributed by atoms with Crippen LogP contribution in [-0.2, 0) is 11.2 Å². The standard InChI is InChI=1S/C17H29NO/c1-4-13-18-17(15(2)12-14-19-3)11-10-16-8-6-5-7-9-16/h5-9,15,17-18H,4,10-14H2,1-3H3. The van der Waals surface area contributed by atoms with Gasteiger partial charge in [-0.25, -0.2) is 0 Å². The van der Waals surface area contributed by atoms with Gasteiger partial charge in [-0.15, -0.1) is 0 Å². The summed E-state index contributed by atoms with van der Waals surface area (Å²) >= 11 is 0. The third-order valence-electron chi connectivity index (χ3n) is 3.71. The van der Waals surface area contributed by atoms with Crippen molar-refractivity contribution in [2.75, 3.05) is 20.3 Å². The van der Waals surface area contributed by atoms with E-state index in [1.54, 1.807) is 7.11 Å². The third-order valence-corrected chi connectivity index (χ3v) is 3.71. The van der Waals surface area contributed by atoms with Gasteiger partial charge < -0.3 is 10.1 Å². The number of rotatable bonds is 10. The largest absolute Gasteiger partial charge is 0.385 e. The Morgan fingerprint density at radius 2 is 1.89 bits per heavy atom. The maximum Gasteiger partial charge on any atom is 0.0465 e. The fraction of sp³-hybridized carbons (Fsp3) is 0.647. The summed E-state index contributed by atoms with van der Waals surface area (Å²) in [4.78, 5) is 0. The van der Waals surface area contributed by atoms with E-state index in [1.807, 2.05) is 0 Å². The van der Waals surface area contributed by atoms with Gasteiger partial charge in [0.15, 0.2) is 0 Å². The molecule has 0 aliphatic rings. The van der Waals surface area contributed by atoms with Gasteiger partial charge in [0, 0.05) is 19.8 Å². The average Bonchev–Trinajstić information content (AvgIpc) is 2.46. The Hall–Kier alpha value is -0.860. The zero-order valence-electron chi connectivity index (χ0n) is 12.7. The van der Waals surface area contributed by atoms with Crippen molar-refractivity contribution in [3.05, 3.63) is 35.9 Å². The van der Waals surface area contributed by atoms with Crippen molar-refractivity contribution in [2.24, 2.45) is 5.92 Å². The third kappa shape index (κ3) is 6.74. The van der Waals surface area contributed by atoms with Crippen LogP contribution in [0.15, 0.2) is 30.3 Å². The van der Waals surface area contributed by atoms with Crippen molar-refractivity contribution >= 4 is 0 Å². The van der Waals surface area contributed by atoms with Crippen molar-refractivity contribution in [3.63, 3.8) is 0 Å². The van der Waals surface area contributed by atoms with Gasteiger partial charge in [-0.2, -0.15) is 0 Å². The molecule has 2 nitrogen and oxygen atoms in total. The molecule has 0 heterocycles. The number of hydrogen-bond acceptors (Lipinski definition) is 2. The molecule has 0 saturated carbocycles. The highest BCUT2D eigenvalue weighted by atomic mass is 16.5. The second-order valence-electron chi connectivity index (χ2n) is 5.34. The van der Waals surface area contributed by atoms with Crippen LogP contribution in [0.3, 0.4) is 0 Å². The molecule has 1 N–H and O–H groups in total. The predicted molar refractivity (Wildman–Crippen MR) is 82.5 cm³/mol. The van der Waals surface area contributed by atoms with Crippen molar-refractivity contribution in [1.82, 2.24) is 5.32 Å². The van der Waals surface area contributed by atoms with Crippen LogP contribution in [0.25, 0.3) is 0 Å². The van der Waals surface area contributed by atoms with E-state index in [1.165, 1.54) is 18.4 Å². The lowest BCUT2D eigenvalue weighted by molar-refractivity contribution is 0.168. The molecule has 108 valence electrons. The van der Waals surface area contributed by atoms with Gasteiger partial charge in [0.25, 0.3) is 0 Å². The number of ether oxygens (including phenoxy) is 1. The van der Waals surface area contributed by atoms with E-state index in [4.69, 9.17) is 4.74 Å². The van der Waals surface area contributed by atoms with Crippen LogP contribution < -0.4 is 5.32 Å². The highest BCUT2D eigenvalue weighted by molar-refractivity contribution is 5.14. The molecule has 2 atom stereocenters. The van der Waals surface area contributed by atoms with Gasteiger partial charge in [0.05, 0.1) is 0 Å². The average molecular weight is 263 g/mol. The van der Waals surface area contributed by atoms with Gasteiger partial charge >= 0.3 is 0 Å². The highest BCUT2D eigenvalue weighted by Gasteiger charge is 2.16. The Labute approximate surface area is 118 Å². The summed E-state index contributed by atoms with van der Waals surface area (Å²) < 4.78 is 5.20. The maximum atomic E-state index is 5.20. The lowest BCUT2D eigenvalue weighted by Crippen LogP contribution is -2.36. The number of benzene rings is 1. The molecule has 2 heteroatoms. The molecule has 0 saturated heterocycles. The molecule has 0 amide bonds. The Morgan fingerprint density at radius 1 is 1.16 bits per heavy atom. The van der Waals surface area contributed by atoms with Crippen LogP contribution in [0.5, 0.6) is 0 Å². The summed E-state index contributed by atoms with van der Waals surface area (Å²) in [7, 11) is 1.78. The minimum absolute atomic E-state index is 0.593. The first-order valence-corrected chi connectivity index (χ1v) is 7.54. The molecule has 1 rings (SSSR count). The molecule has 19 heavy (non-hydrogen) atoms. The van der Waals surface area contributed by atoms with Gasteiger partial charge in [-0.3, -0.25) is 0 Å². The van der Waals surface area contributed by atoms with Crippen LogP contribution in [0, 0.1) is 5.92 Å². The smallest absolute Gasteiger partial charge is 0.0465 e. The molecule has 1 aromatic rings. The van der Waals surface area contributed by atoms with Crippen molar-refractivity contribution in [1.29, 1.82) is 0 Å². The molecule has 0 spiro atoms. The van der Waals surface area contributed by atoms with Crippen molar-refractivity contribution < 1.29 is 4.74 Å². The first-order chi connectivity index (χ1) is 9.27. The number of nitrogens with one attached hydrogen (secondary N) is 1. The van der Waals surface area contributed by atoms with E-state index in [0.717, 1.165) is 26.0 Å². The fourth-order valence-electron chi connectivity index (χ4n) is 2.39. The first-order valence-electron chi connectivity index (χ1n) is 7.54. The number of methoxy groups -OCH3 is 1. The molecule has 0 aliphatic heterocycles. The van der Waals surface area contributed by atoms with E-state index in [9.17, 15) is 0 Å². The van der Waals surface area contributed by atoms with E-state index < -0.39 is 0 Å². The molecular formula is C17H29NO. The summed E-state index contributed by atoms with van der Waals surface area (Å²) in [6.45, 7) is 6.52. The predicted octanol–water partition coefficient (Wildman–Crippen LogP) is 3.66. The highest BCUT2D eigenvalue weighted by Crippen LogP contribution is 2.15. The van der Waals surface area contributed by atoms with E-state index >= 15 is 0 Å². The first kappa shape index (κ1) is 16.2. The molecule has 1 aromatic carbocycles. The summed E-state index contributed by atoms with van der Waals surface area (Å²) in [5.74, 6) is 0.662. The summed E-state index contributed by atoms with van der Waals surface area (Å²) in [5, 5.41) is 3.69. The lowest BCUT2D eigenvalue weighted by Gasteiger charge is -2.25. The van der Waals surface area contributed by atoms with Crippen molar-refractivity contribution in [2.45, 2.75) is 45.6 Å². The minimum Gasteiger partial charge on any atom is -0.385 e. The Balaban J connectivity index is 2.44. The SMILES string of the molecule is CCCNC(CCc1ccccc1)C(C)CCOC. The number of aryl methyl sites for hydroxylation is 1. The maximum absolute atomic E-state index is 5.20. The molecular weight excluding hydrogens is 234 g/mol. The molecule has 2 unspecified atom stereocenters. The summed E-state index contributed by atoms with van der Waals surface area (Å²) in [5.41, 5.74) is 1.43. The van der Waals surface area contributed by atoms with Gasteiger partial charge in [-0.1, -0.05) is 44.2 Å². The zero-order valence-corrected chi connectivity index (χ0v) is 12.7. The van der Waals surface area contributed by atoms with Crippen LogP contribution >= 0.6 is 0 Å². The van der Waals surface area contributed by atoms with E-state index in [0.29, 0.717) is 12.0 Å². The molecule has 0 radical (unpaired) electrons. The zero-order chi connectivity index (χ0) is 13.9. The monoisotopic (exact) mass is 263 g/mol. The van der Waals surface area contributed by atoms with E-state index in [2.05, 4.69) is 49.5 Å². The minimum atomic E-state index is 0.593. The van der Waals surface area contributed by atoms with Gasteiger partial charge in [0.1, 0.15) is 0 Å². The Kier molecular flexibility index (Phi) is 8.52. The number of hydrogen-bond donors (Lipinski definition) is 1. The van der Waals surface area contributed by atoms with Crippen LogP contribution in [-0.4, -0.2) is 26.3 Å². The lowest BCUT2D eigenvalue weighted by atomic mass is 9.93. The second kappa shape index (κ2) is 9.99. The quantitative estimate of drug-likeness (QED) is 0.695. The van der Waals surface area contributed by atoms with Crippen LogP contribution in [0.4, 0.5) is 0 Å². The fourth-order valence-corrected chi connectivity index (χ4v) is 2.39.